The molecule has 0 aliphatic carbocycles. The van der Waals surface area contributed by atoms with Crippen LogP contribution in [0.3, 0.4) is 0 Å². The molecule has 0 bridgehead atoms. The van der Waals surface area contributed by atoms with Gasteiger partial charge in [0.25, 0.3) is 0 Å². The van der Waals surface area contributed by atoms with Crippen molar-refractivity contribution in [3.05, 3.63) is 35.9 Å². The van der Waals surface area contributed by atoms with Gasteiger partial charge in [0.2, 0.25) is 0 Å². The van der Waals surface area contributed by atoms with Gasteiger partial charge in [-0.2, -0.15) is 0 Å². The van der Waals surface area contributed by atoms with Crippen molar-refractivity contribution in [3.63, 3.8) is 0 Å². The molecular weight excluding hydrogens is 256 g/mol. The van der Waals surface area contributed by atoms with Crippen molar-refractivity contribution in [1.29, 1.82) is 0 Å². The minimum absolute atomic E-state index is 0.115. The van der Waals surface area contributed by atoms with Crippen LogP contribution in [0.1, 0.15) is 32.8 Å². The standard InChI is InChI=1S/C16H22O4/c1-15(2)18-11-14(20-15)9-16(3,12-17)19-10-13-7-5-4-6-8-13/h4-8,12,14H,9-11H2,1-3H3/t14-,16+/m0/s1. The van der Waals surface area contributed by atoms with Crippen molar-refractivity contribution in [3.8, 4) is 0 Å². The van der Waals surface area contributed by atoms with Crippen LogP contribution in [0, 0.1) is 0 Å². The second-order valence-corrected chi connectivity index (χ2v) is 5.86. The van der Waals surface area contributed by atoms with E-state index >= 15 is 0 Å². The minimum Gasteiger partial charge on any atom is -0.363 e. The number of ether oxygens (including phenoxy) is 3. The molecule has 110 valence electrons. The zero-order chi connectivity index (χ0) is 14.6. The van der Waals surface area contributed by atoms with Gasteiger partial charge in [0.05, 0.1) is 19.3 Å². The van der Waals surface area contributed by atoms with Crippen LogP contribution in [-0.4, -0.2) is 30.4 Å². The lowest BCUT2D eigenvalue weighted by Crippen LogP contribution is -2.36. The number of benzene rings is 1. The predicted octanol–water partition coefficient (Wildman–Crippen LogP) is 2.70. The van der Waals surface area contributed by atoms with Crippen LogP contribution < -0.4 is 0 Å². The molecule has 4 heteroatoms. The molecule has 1 aliphatic heterocycles. The highest BCUT2D eigenvalue weighted by Crippen LogP contribution is 2.28. The van der Waals surface area contributed by atoms with Crippen LogP contribution in [0.4, 0.5) is 0 Å². The highest BCUT2D eigenvalue weighted by Gasteiger charge is 2.38. The first-order valence-electron chi connectivity index (χ1n) is 6.88. The van der Waals surface area contributed by atoms with E-state index in [1.54, 1.807) is 6.92 Å². The maximum absolute atomic E-state index is 11.4. The largest absolute Gasteiger partial charge is 0.363 e. The second kappa shape index (κ2) is 6.04. The molecule has 1 fully saturated rings. The zero-order valence-corrected chi connectivity index (χ0v) is 12.3. The molecule has 20 heavy (non-hydrogen) atoms. The fourth-order valence-corrected chi connectivity index (χ4v) is 2.28. The molecular formula is C16H22O4. The molecule has 0 unspecified atom stereocenters. The quantitative estimate of drug-likeness (QED) is 0.751. The van der Waals surface area contributed by atoms with Crippen molar-refractivity contribution >= 4 is 6.29 Å². The summed E-state index contributed by atoms with van der Waals surface area (Å²) in [5.41, 5.74) is 0.189. The van der Waals surface area contributed by atoms with Gasteiger partial charge in [-0.25, -0.2) is 0 Å². The summed E-state index contributed by atoms with van der Waals surface area (Å²) in [7, 11) is 0. The van der Waals surface area contributed by atoms with Gasteiger partial charge >= 0.3 is 0 Å². The Morgan fingerprint density at radius 1 is 1.40 bits per heavy atom. The average Bonchev–Trinajstić information content (AvgIpc) is 2.77. The van der Waals surface area contributed by atoms with Gasteiger partial charge in [0, 0.05) is 6.42 Å². The van der Waals surface area contributed by atoms with Crippen LogP contribution in [0.25, 0.3) is 0 Å². The van der Waals surface area contributed by atoms with Gasteiger partial charge in [-0.15, -0.1) is 0 Å². The lowest BCUT2D eigenvalue weighted by atomic mass is 10.00. The topological polar surface area (TPSA) is 44.8 Å². The Hall–Kier alpha value is -1.23. The predicted molar refractivity (Wildman–Crippen MR) is 75.2 cm³/mol. The average molecular weight is 278 g/mol. The summed E-state index contributed by atoms with van der Waals surface area (Å²) in [5.74, 6) is -0.576. The molecule has 2 atom stereocenters. The van der Waals surface area contributed by atoms with Crippen molar-refractivity contribution < 1.29 is 19.0 Å². The summed E-state index contributed by atoms with van der Waals surface area (Å²) in [6.45, 7) is 6.43. The van der Waals surface area contributed by atoms with Gasteiger partial charge in [0.1, 0.15) is 5.60 Å². The first-order valence-corrected chi connectivity index (χ1v) is 6.88. The highest BCUT2D eigenvalue weighted by molar-refractivity contribution is 5.61. The summed E-state index contributed by atoms with van der Waals surface area (Å²) in [6, 6.07) is 9.81. The number of carbonyl (C=O) groups excluding carboxylic acids is 1. The van der Waals surface area contributed by atoms with E-state index < -0.39 is 11.4 Å². The van der Waals surface area contributed by atoms with Gasteiger partial charge in [-0.1, -0.05) is 30.3 Å². The third-order valence-electron chi connectivity index (χ3n) is 3.36. The number of aldehydes is 1. The highest BCUT2D eigenvalue weighted by atomic mass is 16.7. The smallest absolute Gasteiger partial charge is 0.163 e. The Morgan fingerprint density at radius 3 is 2.65 bits per heavy atom. The summed E-state index contributed by atoms with van der Waals surface area (Å²) >= 11 is 0. The number of rotatable bonds is 6. The Kier molecular flexibility index (Phi) is 4.58. The lowest BCUT2D eigenvalue weighted by Gasteiger charge is -2.27. The molecule has 0 spiro atoms. The Balaban J connectivity index is 1.90. The first-order chi connectivity index (χ1) is 9.42. The summed E-state index contributed by atoms with van der Waals surface area (Å²) in [5, 5.41) is 0. The van der Waals surface area contributed by atoms with E-state index in [0.29, 0.717) is 19.6 Å². The monoisotopic (exact) mass is 278 g/mol. The Labute approximate surface area is 120 Å². The second-order valence-electron chi connectivity index (χ2n) is 5.86. The minimum atomic E-state index is -0.857. The SMILES string of the molecule is CC1(C)OC[C@H](C[C@](C)(C=O)OCc2ccccc2)O1. The number of hydrogen-bond acceptors (Lipinski definition) is 4. The molecule has 0 aromatic heterocycles. The molecule has 0 saturated carbocycles. The fourth-order valence-electron chi connectivity index (χ4n) is 2.28. The molecule has 2 rings (SSSR count). The molecule has 0 radical (unpaired) electrons. The maximum Gasteiger partial charge on any atom is 0.163 e. The number of carbonyl (C=O) groups is 1. The summed E-state index contributed by atoms with van der Waals surface area (Å²) in [4.78, 5) is 11.4. The number of hydrogen-bond donors (Lipinski definition) is 0. The molecule has 1 aromatic rings. The summed E-state index contributed by atoms with van der Waals surface area (Å²) < 4.78 is 17.0. The van der Waals surface area contributed by atoms with Crippen LogP contribution in [0.2, 0.25) is 0 Å². The van der Waals surface area contributed by atoms with Crippen molar-refractivity contribution in [2.75, 3.05) is 6.61 Å². The normalized spacial score (nSPS) is 24.2. The van der Waals surface area contributed by atoms with Crippen LogP contribution in [-0.2, 0) is 25.6 Å². The molecule has 1 saturated heterocycles. The third kappa shape index (κ3) is 4.13. The van der Waals surface area contributed by atoms with Crippen LogP contribution in [0.15, 0.2) is 30.3 Å². The van der Waals surface area contributed by atoms with Gasteiger partial charge in [-0.05, 0) is 26.3 Å². The van der Waals surface area contributed by atoms with E-state index in [9.17, 15) is 4.79 Å². The molecule has 0 amide bonds. The molecule has 1 aliphatic rings. The van der Waals surface area contributed by atoms with Crippen molar-refractivity contribution in [1.82, 2.24) is 0 Å². The first kappa shape index (κ1) is 15.2. The van der Waals surface area contributed by atoms with Gasteiger partial charge in [0.15, 0.2) is 12.1 Å². The van der Waals surface area contributed by atoms with Crippen molar-refractivity contribution in [2.45, 2.75) is 51.3 Å². The molecule has 1 aromatic carbocycles. The van der Waals surface area contributed by atoms with E-state index in [-0.39, 0.29) is 6.10 Å². The third-order valence-corrected chi connectivity index (χ3v) is 3.36. The zero-order valence-electron chi connectivity index (χ0n) is 12.3. The van der Waals surface area contributed by atoms with Crippen LogP contribution in [0.5, 0.6) is 0 Å². The molecule has 4 nitrogen and oxygen atoms in total. The van der Waals surface area contributed by atoms with E-state index in [4.69, 9.17) is 14.2 Å². The van der Waals surface area contributed by atoms with E-state index in [0.717, 1.165) is 11.8 Å². The van der Waals surface area contributed by atoms with E-state index in [1.165, 1.54) is 0 Å². The molecule has 1 heterocycles. The maximum atomic E-state index is 11.4. The summed E-state index contributed by atoms with van der Waals surface area (Å²) in [6.07, 6.45) is 1.23. The van der Waals surface area contributed by atoms with E-state index in [2.05, 4.69) is 0 Å². The van der Waals surface area contributed by atoms with Crippen molar-refractivity contribution in [2.24, 2.45) is 0 Å². The van der Waals surface area contributed by atoms with E-state index in [1.807, 2.05) is 44.2 Å². The van der Waals surface area contributed by atoms with Gasteiger partial charge < -0.3 is 19.0 Å². The Bertz CT molecular complexity index is 443. The fraction of sp³-hybridized carbons (Fsp3) is 0.562. The molecule has 0 N–H and O–H groups in total. The lowest BCUT2D eigenvalue weighted by molar-refractivity contribution is -0.154. The van der Waals surface area contributed by atoms with Crippen LogP contribution >= 0.6 is 0 Å². The Morgan fingerprint density at radius 2 is 2.10 bits per heavy atom. The van der Waals surface area contributed by atoms with Gasteiger partial charge in [-0.3, -0.25) is 0 Å².